The summed E-state index contributed by atoms with van der Waals surface area (Å²) in [5.74, 6) is 0.277. The van der Waals surface area contributed by atoms with Gasteiger partial charge in [-0.15, -0.1) is 0 Å². The zero-order valence-electron chi connectivity index (χ0n) is 7.66. The Balaban J connectivity index is 2.37. The lowest BCUT2D eigenvalue weighted by atomic mass is 10.3. The summed E-state index contributed by atoms with van der Waals surface area (Å²) in [6, 6.07) is 6.22. The molecule has 0 spiro atoms. The van der Waals surface area contributed by atoms with E-state index in [2.05, 4.69) is 0 Å². The summed E-state index contributed by atoms with van der Waals surface area (Å²) in [5, 5.41) is 0. The van der Waals surface area contributed by atoms with E-state index in [4.69, 9.17) is 10.5 Å². The lowest BCUT2D eigenvalue weighted by Crippen LogP contribution is -2.18. The van der Waals surface area contributed by atoms with Crippen molar-refractivity contribution < 1.29 is 9.13 Å². The Bertz CT molecular complexity index is 263. The average molecular weight is 183 g/mol. The third kappa shape index (κ3) is 3.90. The van der Waals surface area contributed by atoms with E-state index in [-0.39, 0.29) is 11.9 Å². The van der Waals surface area contributed by atoms with Crippen LogP contribution in [0.25, 0.3) is 0 Å². The molecule has 0 aromatic heterocycles. The molecule has 0 aliphatic heterocycles. The molecule has 0 amide bonds. The van der Waals surface area contributed by atoms with Gasteiger partial charge in [0, 0.05) is 12.1 Å². The van der Waals surface area contributed by atoms with Crippen molar-refractivity contribution in [1.29, 1.82) is 0 Å². The van der Waals surface area contributed by atoms with Gasteiger partial charge in [-0.2, -0.15) is 0 Å². The van der Waals surface area contributed by atoms with E-state index in [1.54, 1.807) is 12.1 Å². The molecule has 0 aliphatic carbocycles. The second-order valence-electron chi connectivity index (χ2n) is 3.07. The maximum atomic E-state index is 12.6. The van der Waals surface area contributed by atoms with Crippen LogP contribution in [0.2, 0.25) is 0 Å². The summed E-state index contributed by atoms with van der Waals surface area (Å²) in [4.78, 5) is 0. The van der Waals surface area contributed by atoms with Crippen molar-refractivity contribution in [2.45, 2.75) is 19.4 Å². The molecule has 0 saturated carbocycles. The number of hydrogen-bond acceptors (Lipinski definition) is 2. The predicted octanol–water partition coefficient (Wildman–Crippen LogP) is 1.94. The van der Waals surface area contributed by atoms with E-state index in [0.29, 0.717) is 12.4 Å². The molecule has 72 valence electrons. The van der Waals surface area contributed by atoms with Crippen LogP contribution < -0.4 is 10.5 Å². The van der Waals surface area contributed by atoms with Gasteiger partial charge in [-0.3, -0.25) is 0 Å². The first-order valence-electron chi connectivity index (χ1n) is 4.32. The minimum Gasteiger partial charge on any atom is -0.493 e. The van der Waals surface area contributed by atoms with Gasteiger partial charge in [-0.1, -0.05) is 6.07 Å². The molecule has 0 fully saturated rings. The molecule has 1 aromatic rings. The first-order chi connectivity index (χ1) is 6.18. The van der Waals surface area contributed by atoms with Crippen LogP contribution in [0.3, 0.4) is 0 Å². The van der Waals surface area contributed by atoms with Gasteiger partial charge in [0.25, 0.3) is 0 Å². The fraction of sp³-hybridized carbons (Fsp3) is 0.400. The largest absolute Gasteiger partial charge is 0.493 e. The number of benzene rings is 1. The van der Waals surface area contributed by atoms with E-state index in [1.165, 1.54) is 12.1 Å². The molecule has 13 heavy (non-hydrogen) atoms. The van der Waals surface area contributed by atoms with Crippen molar-refractivity contribution >= 4 is 0 Å². The molecule has 1 unspecified atom stereocenters. The van der Waals surface area contributed by atoms with Gasteiger partial charge in [-0.05, 0) is 25.5 Å². The number of rotatable bonds is 4. The maximum Gasteiger partial charge on any atom is 0.126 e. The molecule has 0 radical (unpaired) electrons. The number of hydrogen-bond donors (Lipinski definition) is 1. The Morgan fingerprint density at radius 1 is 1.54 bits per heavy atom. The number of halogens is 1. The molecule has 1 atom stereocenters. The first-order valence-corrected chi connectivity index (χ1v) is 4.32. The Labute approximate surface area is 77.5 Å². The van der Waals surface area contributed by atoms with E-state index in [9.17, 15) is 4.39 Å². The molecular formula is C10H14FNO. The van der Waals surface area contributed by atoms with Gasteiger partial charge >= 0.3 is 0 Å². The standard InChI is InChI=1S/C10H14FNO/c1-8(12)5-6-13-10-4-2-3-9(11)7-10/h2-4,7-8H,5-6,12H2,1H3. The van der Waals surface area contributed by atoms with Crippen molar-refractivity contribution in [3.63, 3.8) is 0 Å². The van der Waals surface area contributed by atoms with E-state index < -0.39 is 0 Å². The van der Waals surface area contributed by atoms with Crippen LogP contribution in [0.1, 0.15) is 13.3 Å². The molecular weight excluding hydrogens is 169 g/mol. The van der Waals surface area contributed by atoms with E-state index in [0.717, 1.165) is 6.42 Å². The fourth-order valence-electron chi connectivity index (χ4n) is 0.919. The van der Waals surface area contributed by atoms with Crippen LogP contribution in [0, 0.1) is 5.82 Å². The third-order valence-corrected chi connectivity index (χ3v) is 1.64. The van der Waals surface area contributed by atoms with Crippen LogP contribution in [0.4, 0.5) is 4.39 Å². The Kier molecular flexibility index (Phi) is 3.71. The van der Waals surface area contributed by atoms with Gasteiger partial charge in [0.05, 0.1) is 6.61 Å². The van der Waals surface area contributed by atoms with Crippen LogP contribution in [0.15, 0.2) is 24.3 Å². The molecule has 0 aliphatic rings. The van der Waals surface area contributed by atoms with E-state index >= 15 is 0 Å². The van der Waals surface area contributed by atoms with Crippen LogP contribution in [-0.2, 0) is 0 Å². The van der Waals surface area contributed by atoms with Crippen molar-refractivity contribution in [2.75, 3.05) is 6.61 Å². The molecule has 2 nitrogen and oxygen atoms in total. The number of ether oxygens (including phenoxy) is 1. The molecule has 0 bridgehead atoms. The topological polar surface area (TPSA) is 35.2 Å². The SMILES string of the molecule is CC(N)CCOc1cccc(F)c1. The molecule has 0 saturated heterocycles. The summed E-state index contributed by atoms with van der Waals surface area (Å²) in [6.07, 6.45) is 0.774. The summed E-state index contributed by atoms with van der Waals surface area (Å²) in [5.41, 5.74) is 5.53. The minimum absolute atomic E-state index is 0.119. The zero-order valence-corrected chi connectivity index (χ0v) is 7.66. The molecule has 1 rings (SSSR count). The normalized spacial score (nSPS) is 12.5. The predicted molar refractivity (Wildman–Crippen MR) is 50.2 cm³/mol. The van der Waals surface area contributed by atoms with Crippen LogP contribution in [-0.4, -0.2) is 12.6 Å². The van der Waals surface area contributed by atoms with Crippen LogP contribution >= 0.6 is 0 Å². The number of nitrogens with two attached hydrogens (primary N) is 1. The van der Waals surface area contributed by atoms with Crippen LogP contribution in [0.5, 0.6) is 5.75 Å². The smallest absolute Gasteiger partial charge is 0.126 e. The van der Waals surface area contributed by atoms with Gasteiger partial charge in [-0.25, -0.2) is 4.39 Å². The summed E-state index contributed by atoms with van der Waals surface area (Å²) in [7, 11) is 0. The zero-order chi connectivity index (χ0) is 9.68. The van der Waals surface area contributed by atoms with E-state index in [1.807, 2.05) is 6.92 Å². The van der Waals surface area contributed by atoms with Gasteiger partial charge in [0.15, 0.2) is 0 Å². The molecule has 2 N–H and O–H groups in total. The second kappa shape index (κ2) is 4.82. The van der Waals surface area contributed by atoms with Crippen molar-refractivity contribution in [3.05, 3.63) is 30.1 Å². The van der Waals surface area contributed by atoms with Crippen molar-refractivity contribution in [2.24, 2.45) is 5.73 Å². The average Bonchev–Trinajstić information content (AvgIpc) is 2.03. The highest BCUT2D eigenvalue weighted by atomic mass is 19.1. The lowest BCUT2D eigenvalue weighted by Gasteiger charge is -2.07. The monoisotopic (exact) mass is 183 g/mol. The van der Waals surface area contributed by atoms with Gasteiger partial charge in [0.2, 0.25) is 0 Å². The third-order valence-electron chi connectivity index (χ3n) is 1.64. The second-order valence-corrected chi connectivity index (χ2v) is 3.07. The highest BCUT2D eigenvalue weighted by Crippen LogP contribution is 2.11. The quantitative estimate of drug-likeness (QED) is 0.774. The molecule has 3 heteroatoms. The highest BCUT2D eigenvalue weighted by molar-refractivity contribution is 5.22. The Hall–Kier alpha value is -1.09. The Morgan fingerprint density at radius 3 is 2.92 bits per heavy atom. The van der Waals surface area contributed by atoms with Crippen molar-refractivity contribution in [1.82, 2.24) is 0 Å². The van der Waals surface area contributed by atoms with Gasteiger partial charge < -0.3 is 10.5 Å². The minimum atomic E-state index is -0.279. The van der Waals surface area contributed by atoms with Crippen molar-refractivity contribution in [3.8, 4) is 5.75 Å². The Morgan fingerprint density at radius 2 is 2.31 bits per heavy atom. The highest BCUT2D eigenvalue weighted by Gasteiger charge is 1.97. The van der Waals surface area contributed by atoms with Gasteiger partial charge in [0.1, 0.15) is 11.6 Å². The summed E-state index contributed by atoms with van der Waals surface area (Å²) < 4.78 is 17.9. The molecule has 1 aromatic carbocycles. The summed E-state index contributed by atoms with van der Waals surface area (Å²) >= 11 is 0. The fourth-order valence-corrected chi connectivity index (χ4v) is 0.919. The lowest BCUT2D eigenvalue weighted by molar-refractivity contribution is 0.299. The summed E-state index contributed by atoms with van der Waals surface area (Å²) in [6.45, 7) is 2.44. The first kappa shape index (κ1) is 9.99. The molecule has 0 heterocycles. The maximum absolute atomic E-state index is 12.6.